The molecule has 1 aliphatic heterocycles. The molecule has 0 unspecified atom stereocenters. The van der Waals surface area contributed by atoms with E-state index in [1.807, 2.05) is 19.1 Å². The second-order valence-corrected chi connectivity index (χ2v) is 6.24. The molecule has 1 saturated heterocycles. The maximum Gasteiger partial charge on any atom is 0.255 e. The highest BCUT2D eigenvalue weighted by Crippen LogP contribution is 2.22. The van der Waals surface area contributed by atoms with Crippen LogP contribution in [0.3, 0.4) is 0 Å². The maximum atomic E-state index is 12.7. The third-order valence-corrected chi connectivity index (χ3v) is 4.56. The number of carbonyl (C=O) groups is 2. The summed E-state index contributed by atoms with van der Waals surface area (Å²) in [5.41, 5.74) is 9.09. The van der Waals surface area contributed by atoms with Crippen molar-refractivity contribution >= 4 is 17.5 Å². The fourth-order valence-corrected chi connectivity index (χ4v) is 2.93. The van der Waals surface area contributed by atoms with Crippen molar-refractivity contribution < 1.29 is 14.3 Å². The highest BCUT2D eigenvalue weighted by Gasteiger charge is 2.21. The monoisotopic (exact) mass is 353 g/mol. The molecule has 6 nitrogen and oxygen atoms in total. The van der Waals surface area contributed by atoms with Crippen LogP contribution in [-0.2, 0) is 11.3 Å². The number of amides is 2. The number of morpholine rings is 1. The lowest BCUT2D eigenvalue weighted by Crippen LogP contribution is -2.41. The number of nitrogens with two attached hydrogens (primary N) is 1. The SMILES string of the molecule is Cc1c(NC(=O)c2ccc(CN)cc2)cccc1C(=O)N1CCOCC1. The molecule has 0 aliphatic carbocycles. The van der Waals surface area contributed by atoms with Crippen LogP contribution in [0.1, 0.15) is 31.8 Å². The molecule has 2 amide bonds. The Kier molecular flexibility index (Phi) is 5.65. The van der Waals surface area contributed by atoms with E-state index in [0.717, 1.165) is 11.1 Å². The van der Waals surface area contributed by atoms with E-state index in [1.54, 1.807) is 35.2 Å². The first-order valence-corrected chi connectivity index (χ1v) is 8.67. The fraction of sp³-hybridized carbons (Fsp3) is 0.300. The van der Waals surface area contributed by atoms with Gasteiger partial charge in [0.2, 0.25) is 0 Å². The molecule has 136 valence electrons. The first-order chi connectivity index (χ1) is 12.6. The van der Waals surface area contributed by atoms with Gasteiger partial charge >= 0.3 is 0 Å². The largest absolute Gasteiger partial charge is 0.378 e. The Morgan fingerprint density at radius 2 is 1.81 bits per heavy atom. The second-order valence-electron chi connectivity index (χ2n) is 6.24. The van der Waals surface area contributed by atoms with Gasteiger partial charge in [-0.15, -0.1) is 0 Å². The molecule has 0 bridgehead atoms. The van der Waals surface area contributed by atoms with Crippen molar-refractivity contribution in [3.05, 3.63) is 64.7 Å². The molecule has 0 aromatic heterocycles. The first kappa shape index (κ1) is 18.1. The molecule has 2 aromatic carbocycles. The van der Waals surface area contributed by atoms with E-state index in [9.17, 15) is 9.59 Å². The number of hydrogen-bond donors (Lipinski definition) is 2. The van der Waals surface area contributed by atoms with Crippen LogP contribution in [-0.4, -0.2) is 43.0 Å². The van der Waals surface area contributed by atoms with Crippen LogP contribution in [0.4, 0.5) is 5.69 Å². The summed E-state index contributed by atoms with van der Waals surface area (Å²) in [5, 5.41) is 2.90. The highest BCUT2D eigenvalue weighted by atomic mass is 16.5. The molecular weight excluding hydrogens is 330 g/mol. The third-order valence-electron chi connectivity index (χ3n) is 4.56. The maximum absolute atomic E-state index is 12.7. The van der Waals surface area contributed by atoms with E-state index in [4.69, 9.17) is 10.5 Å². The van der Waals surface area contributed by atoms with E-state index < -0.39 is 0 Å². The van der Waals surface area contributed by atoms with Gasteiger partial charge in [0.05, 0.1) is 13.2 Å². The number of ether oxygens (including phenoxy) is 1. The topological polar surface area (TPSA) is 84.7 Å². The van der Waals surface area contributed by atoms with Gasteiger partial charge in [-0.05, 0) is 42.3 Å². The quantitative estimate of drug-likeness (QED) is 0.882. The van der Waals surface area contributed by atoms with Gasteiger partial charge in [-0.25, -0.2) is 0 Å². The number of rotatable bonds is 4. The number of anilines is 1. The van der Waals surface area contributed by atoms with Crippen LogP contribution >= 0.6 is 0 Å². The van der Waals surface area contributed by atoms with Crippen LogP contribution in [0.25, 0.3) is 0 Å². The molecule has 0 saturated carbocycles. The summed E-state index contributed by atoms with van der Waals surface area (Å²) in [6.45, 7) is 4.57. The summed E-state index contributed by atoms with van der Waals surface area (Å²) in [6.07, 6.45) is 0. The number of nitrogens with zero attached hydrogens (tertiary/aromatic N) is 1. The Morgan fingerprint density at radius 1 is 1.12 bits per heavy atom. The van der Waals surface area contributed by atoms with E-state index in [1.165, 1.54) is 0 Å². The van der Waals surface area contributed by atoms with Gasteiger partial charge in [0, 0.05) is 36.4 Å². The van der Waals surface area contributed by atoms with Crippen molar-refractivity contribution in [3.63, 3.8) is 0 Å². The molecule has 2 aromatic rings. The van der Waals surface area contributed by atoms with Gasteiger partial charge in [-0.1, -0.05) is 18.2 Å². The zero-order chi connectivity index (χ0) is 18.5. The summed E-state index contributed by atoms with van der Waals surface area (Å²) < 4.78 is 5.30. The van der Waals surface area contributed by atoms with E-state index in [2.05, 4.69) is 5.32 Å². The minimum absolute atomic E-state index is 0.0332. The Balaban J connectivity index is 1.77. The van der Waals surface area contributed by atoms with Crippen LogP contribution in [0, 0.1) is 6.92 Å². The van der Waals surface area contributed by atoms with E-state index >= 15 is 0 Å². The Bertz CT molecular complexity index is 796. The predicted octanol–water partition coefficient (Wildman–Crippen LogP) is 2.18. The zero-order valence-electron chi connectivity index (χ0n) is 14.8. The van der Waals surface area contributed by atoms with Crippen molar-refractivity contribution in [1.29, 1.82) is 0 Å². The molecule has 6 heteroatoms. The first-order valence-electron chi connectivity index (χ1n) is 8.67. The van der Waals surface area contributed by atoms with Crippen molar-refractivity contribution in [3.8, 4) is 0 Å². The molecule has 0 radical (unpaired) electrons. The fourth-order valence-electron chi connectivity index (χ4n) is 2.93. The molecular formula is C20H23N3O3. The van der Waals surface area contributed by atoms with Gasteiger partial charge in [-0.2, -0.15) is 0 Å². The molecule has 3 N–H and O–H groups in total. The molecule has 1 fully saturated rings. The van der Waals surface area contributed by atoms with Crippen LogP contribution in [0.5, 0.6) is 0 Å². The van der Waals surface area contributed by atoms with Gasteiger partial charge in [0.25, 0.3) is 11.8 Å². The molecule has 0 atom stereocenters. The normalized spacial score (nSPS) is 14.2. The highest BCUT2D eigenvalue weighted by molar-refractivity contribution is 6.06. The summed E-state index contributed by atoms with van der Waals surface area (Å²) in [6, 6.07) is 12.5. The van der Waals surface area contributed by atoms with E-state index in [-0.39, 0.29) is 11.8 Å². The molecule has 1 aliphatic rings. The van der Waals surface area contributed by atoms with Crippen LogP contribution in [0.2, 0.25) is 0 Å². The minimum Gasteiger partial charge on any atom is -0.378 e. The van der Waals surface area contributed by atoms with Gasteiger partial charge in [0.1, 0.15) is 0 Å². The minimum atomic E-state index is -0.215. The van der Waals surface area contributed by atoms with Gasteiger partial charge in [-0.3, -0.25) is 9.59 Å². The number of hydrogen-bond acceptors (Lipinski definition) is 4. The van der Waals surface area contributed by atoms with E-state index in [0.29, 0.717) is 49.7 Å². The lowest BCUT2D eigenvalue weighted by Gasteiger charge is -2.27. The van der Waals surface area contributed by atoms with Gasteiger partial charge < -0.3 is 20.7 Å². The Morgan fingerprint density at radius 3 is 2.46 bits per heavy atom. The molecule has 1 heterocycles. The summed E-state index contributed by atoms with van der Waals surface area (Å²) in [5.74, 6) is -0.248. The van der Waals surface area contributed by atoms with Crippen molar-refractivity contribution in [2.75, 3.05) is 31.6 Å². The molecule has 3 rings (SSSR count). The lowest BCUT2D eigenvalue weighted by molar-refractivity contribution is 0.0302. The van der Waals surface area contributed by atoms with Crippen LogP contribution < -0.4 is 11.1 Å². The average molecular weight is 353 g/mol. The van der Waals surface area contributed by atoms with Crippen molar-refractivity contribution in [2.45, 2.75) is 13.5 Å². The predicted molar refractivity (Wildman–Crippen MR) is 100 cm³/mol. The van der Waals surface area contributed by atoms with Crippen LogP contribution in [0.15, 0.2) is 42.5 Å². The summed E-state index contributed by atoms with van der Waals surface area (Å²) in [7, 11) is 0. The third kappa shape index (κ3) is 3.92. The molecule has 0 spiro atoms. The lowest BCUT2D eigenvalue weighted by atomic mass is 10.0. The average Bonchev–Trinajstić information content (AvgIpc) is 2.69. The second kappa shape index (κ2) is 8.12. The smallest absolute Gasteiger partial charge is 0.255 e. The van der Waals surface area contributed by atoms with Crippen molar-refractivity contribution in [2.24, 2.45) is 5.73 Å². The number of carbonyl (C=O) groups excluding carboxylic acids is 2. The zero-order valence-corrected chi connectivity index (χ0v) is 14.8. The molecule has 26 heavy (non-hydrogen) atoms. The number of nitrogens with one attached hydrogen (secondary N) is 1. The Labute approximate surface area is 152 Å². The standard InChI is InChI=1S/C20H23N3O3/c1-14-17(20(25)23-9-11-26-12-10-23)3-2-4-18(14)22-19(24)16-7-5-15(13-21)6-8-16/h2-8H,9-13,21H2,1H3,(H,22,24). The summed E-state index contributed by atoms with van der Waals surface area (Å²) in [4.78, 5) is 27.0. The van der Waals surface area contributed by atoms with Gasteiger partial charge in [0.15, 0.2) is 0 Å². The Hall–Kier alpha value is -2.70. The van der Waals surface area contributed by atoms with Crippen molar-refractivity contribution in [1.82, 2.24) is 4.90 Å². The summed E-state index contributed by atoms with van der Waals surface area (Å²) >= 11 is 0. The number of benzene rings is 2.